The number of carbonyl (C=O) groups is 1. The van der Waals surface area contributed by atoms with E-state index >= 15 is 0 Å². The van der Waals surface area contributed by atoms with Crippen molar-refractivity contribution in [2.24, 2.45) is 5.41 Å². The number of H-pyrrole nitrogens is 1. The highest BCUT2D eigenvalue weighted by atomic mass is 35.5. The smallest absolute Gasteiger partial charge is 0.311 e. The molecule has 7 heteroatoms. The van der Waals surface area contributed by atoms with Gasteiger partial charge in [-0.3, -0.25) is 4.79 Å². The predicted octanol–water partition coefficient (Wildman–Crippen LogP) is 7.56. The maximum absolute atomic E-state index is 12.2. The molecular weight excluding hydrogens is 486 g/mol. The van der Waals surface area contributed by atoms with E-state index in [2.05, 4.69) is 53.3 Å². The summed E-state index contributed by atoms with van der Waals surface area (Å²) in [5, 5.41) is 10.2. The van der Waals surface area contributed by atoms with E-state index in [0.29, 0.717) is 23.2 Å². The minimum absolute atomic E-state index is 0.208. The van der Waals surface area contributed by atoms with E-state index < -0.39 is 5.41 Å². The number of hydrogen-bond donors (Lipinski definition) is 1. The second-order valence-corrected chi connectivity index (χ2v) is 10.5. The molecule has 188 valence electrons. The van der Waals surface area contributed by atoms with Gasteiger partial charge in [-0.15, -0.1) is 10.2 Å². The summed E-state index contributed by atoms with van der Waals surface area (Å²) in [4.78, 5) is 15.7. The number of fused-ring (bicyclic) bond motifs is 1. The number of nitrogens with one attached hydrogen (secondary N) is 1. The first-order valence-electron chi connectivity index (χ1n) is 12.1. The van der Waals surface area contributed by atoms with Gasteiger partial charge in [-0.25, -0.2) is 0 Å². The third-order valence-electron chi connectivity index (χ3n) is 6.63. The summed E-state index contributed by atoms with van der Waals surface area (Å²) in [6, 6.07) is 19.8. The van der Waals surface area contributed by atoms with Gasteiger partial charge in [0.05, 0.1) is 12.5 Å². The lowest BCUT2D eigenvalue weighted by Gasteiger charge is -2.22. The Morgan fingerprint density at radius 2 is 1.57 bits per heavy atom. The molecule has 0 atom stereocenters. The number of rotatable bonds is 6. The van der Waals surface area contributed by atoms with Crippen LogP contribution in [0, 0.1) is 19.3 Å². The fourth-order valence-electron chi connectivity index (χ4n) is 4.88. The third-order valence-corrected chi connectivity index (χ3v) is 6.88. The summed E-state index contributed by atoms with van der Waals surface area (Å²) in [6.45, 7) is 8.03. The lowest BCUT2D eigenvalue weighted by Crippen LogP contribution is -2.28. The van der Waals surface area contributed by atoms with Crippen LogP contribution in [0.4, 0.5) is 0 Å². The standard InChI is InChI=1S/C30H28ClN3O3/c1-17-12-19(16-30(3,4)29(35)36-5)13-18(2)26(17)25-14-21-6-7-22(15-24(21)32-25)28-34-33-27(37-28)20-8-10-23(31)11-9-20/h6-15,32H,16H2,1-5H3. The average Bonchev–Trinajstić information content (AvgIpc) is 3.50. The number of aromatic amines is 1. The molecule has 0 aliphatic heterocycles. The fraction of sp³-hybridized carbons (Fsp3) is 0.233. The zero-order valence-electron chi connectivity index (χ0n) is 21.5. The van der Waals surface area contributed by atoms with E-state index in [-0.39, 0.29) is 5.97 Å². The predicted molar refractivity (Wildman–Crippen MR) is 146 cm³/mol. The number of hydrogen-bond acceptors (Lipinski definition) is 5. The van der Waals surface area contributed by atoms with Gasteiger partial charge in [0.2, 0.25) is 11.8 Å². The van der Waals surface area contributed by atoms with Crippen molar-refractivity contribution in [3.05, 3.63) is 82.4 Å². The first kappa shape index (κ1) is 24.8. The van der Waals surface area contributed by atoms with E-state index in [4.69, 9.17) is 20.8 Å². The van der Waals surface area contributed by atoms with E-state index in [9.17, 15) is 4.79 Å². The van der Waals surface area contributed by atoms with Crippen LogP contribution >= 0.6 is 11.6 Å². The number of esters is 1. The van der Waals surface area contributed by atoms with Crippen molar-refractivity contribution < 1.29 is 13.9 Å². The summed E-state index contributed by atoms with van der Waals surface area (Å²) < 4.78 is 10.9. The first-order chi connectivity index (χ1) is 17.6. The number of aromatic nitrogens is 3. The average molecular weight is 514 g/mol. The van der Waals surface area contributed by atoms with Gasteiger partial charge < -0.3 is 14.1 Å². The summed E-state index contributed by atoms with van der Waals surface area (Å²) in [6.07, 6.45) is 0.611. The molecule has 5 aromatic rings. The normalized spacial score (nSPS) is 11.7. The second kappa shape index (κ2) is 9.52. The van der Waals surface area contributed by atoms with Crippen LogP contribution in [0.2, 0.25) is 5.02 Å². The Morgan fingerprint density at radius 1 is 0.946 bits per heavy atom. The highest BCUT2D eigenvalue weighted by molar-refractivity contribution is 6.30. The summed E-state index contributed by atoms with van der Waals surface area (Å²) in [5.74, 6) is 0.688. The fourth-order valence-corrected chi connectivity index (χ4v) is 5.01. The van der Waals surface area contributed by atoms with E-state index in [1.54, 1.807) is 12.1 Å². The number of carbonyl (C=O) groups excluding carboxylic acids is 1. The van der Waals surface area contributed by atoms with Crippen molar-refractivity contribution in [2.75, 3.05) is 7.11 Å². The van der Waals surface area contributed by atoms with E-state index in [1.165, 1.54) is 7.11 Å². The number of methoxy groups -OCH3 is 1. The van der Waals surface area contributed by atoms with E-state index in [0.717, 1.165) is 50.0 Å². The molecule has 0 spiro atoms. The van der Waals surface area contributed by atoms with Crippen LogP contribution in [0.3, 0.4) is 0 Å². The molecule has 0 radical (unpaired) electrons. The topological polar surface area (TPSA) is 81.0 Å². The SMILES string of the molecule is COC(=O)C(C)(C)Cc1cc(C)c(-c2cc3ccc(-c4nnc(-c5ccc(Cl)cc5)o4)cc3[nH]2)c(C)c1. The van der Waals surface area contributed by atoms with Crippen LogP contribution in [-0.4, -0.2) is 28.3 Å². The van der Waals surface area contributed by atoms with Gasteiger partial charge in [0.25, 0.3) is 0 Å². The molecule has 1 N–H and O–H groups in total. The molecule has 0 amide bonds. The van der Waals surface area contributed by atoms with Crippen molar-refractivity contribution in [1.29, 1.82) is 0 Å². The van der Waals surface area contributed by atoms with Gasteiger partial charge in [0.1, 0.15) is 0 Å². The molecule has 0 saturated heterocycles. The maximum atomic E-state index is 12.2. The largest absolute Gasteiger partial charge is 0.469 e. The Morgan fingerprint density at radius 3 is 2.22 bits per heavy atom. The van der Waals surface area contributed by atoms with Gasteiger partial charge in [-0.2, -0.15) is 0 Å². The zero-order valence-corrected chi connectivity index (χ0v) is 22.2. The molecule has 0 aliphatic rings. The van der Waals surface area contributed by atoms with Crippen LogP contribution in [0.25, 0.3) is 45.1 Å². The molecule has 6 nitrogen and oxygen atoms in total. The summed E-state index contributed by atoms with van der Waals surface area (Å²) in [5.41, 5.74) is 7.63. The number of nitrogens with zero attached hydrogens (tertiary/aromatic N) is 2. The van der Waals surface area contributed by atoms with Crippen molar-refractivity contribution in [1.82, 2.24) is 15.2 Å². The lowest BCUT2D eigenvalue weighted by atomic mass is 9.84. The van der Waals surface area contributed by atoms with Gasteiger partial charge in [-0.1, -0.05) is 29.8 Å². The molecule has 2 aromatic heterocycles. The van der Waals surface area contributed by atoms with Crippen molar-refractivity contribution in [3.63, 3.8) is 0 Å². The molecule has 0 unspecified atom stereocenters. The Labute approximate surface area is 220 Å². The van der Waals surface area contributed by atoms with Crippen molar-refractivity contribution >= 4 is 28.5 Å². The van der Waals surface area contributed by atoms with E-state index in [1.807, 2.05) is 38.1 Å². The van der Waals surface area contributed by atoms with Crippen LogP contribution in [0.1, 0.15) is 30.5 Å². The highest BCUT2D eigenvalue weighted by Crippen LogP contribution is 2.34. The molecule has 0 bridgehead atoms. The molecular formula is C30H28ClN3O3. The molecule has 37 heavy (non-hydrogen) atoms. The second-order valence-electron chi connectivity index (χ2n) is 10.1. The third kappa shape index (κ3) is 4.89. The molecule has 2 heterocycles. The molecule has 0 fully saturated rings. The van der Waals surface area contributed by atoms with Crippen LogP contribution in [0.5, 0.6) is 0 Å². The Bertz CT molecular complexity index is 1590. The number of ether oxygens (including phenoxy) is 1. The number of benzene rings is 3. The van der Waals surface area contributed by atoms with Crippen LogP contribution < -0.4 is 0 Å². The Balaban J connectivity index is 1.45. The zero-order chi connectivity index (χ0) is 26.3. The molecule has 0 aliphatic carbocycles. The van der Waals surface area contributed by atoms with Gasteiger partial charge >= 0.3 is 5.97 Å². The van der Waals surface area contributed by atoms with Gasteiger partial charge in [0.15, 0.2) is 0 Å². The molecule has 3 aromatic carbocycles. The Kier molecular flexibility index (Phi) is 6.38. The minimum atomic E-state index is -0.588. The van der Waals surface area contributed by atoms with Crippen LogP contribution in [-0.2, 0) is 16.0 Å². The number of halogens is 1. The quantitative estimate of drug-likeness (QED) is 0.237. The van der Waals surface area contributed by atoms with Crippen LogP contribution in [0.15, 0.2) is 65.1 Å². The summed E-state index contributed by atoms with van der Waals surface area (Å²) >= 11 is 5.98. The first-order valence-corrected chi connectivity index (χ1v) is 12.4. The van der Waals surface area contributed by atoms with Gasteiger partial charge in [0, 0.05) is 38.3 Å². The highest BCUT2D eigenvalue weighted by Gasteiger charge is 2.29. The lowest BCUT2D eigenvalue weighted by molar-refractivity contribution is -0.150. The minimum Gasteiger partial charge on any atom is -0.469 e. The molecule has 5 rings (SSSR count). The van der Waals surface area contributed by atoms with Crippen molar-refractivity contribution in [3.8, 4) is 34.2 Å². The molecule has 0 saturated carbocycles. The number of aryl methyl sites for hydroxylation is 2. The van der Waals surface area contributed by atoms with Gasteiger partial charge in [-0.05, 0) is 93.3 Å². The monoisotopic (exact) mass is 513 g/mol. The summed E-state index contributed by atoms with van der Waals surface area (Å²) in [7, 11) is 1.43. The maximum Gasteiger partial charge on any atom is 0.311 e. The Hall–Kier alpha value is -3.90. The van der Waals surface area contributed by atoms with Crippen molar-refractivity contribution in [2.45, 2.75) is 34.1 Å².